The molecule has 0 amide bonds. The zero-order chi connectivity index (χ0) is 19.6. The van der Waals surface area contributed by atoms with Gasteiger partial charge in [0.1, 0.15) is 0 Å². The molecule has 2 aliphatic rings. The third-order valence-corrected chi connectivity index (χ3v) is 6.52. The number of nitrogens with one attached hydrogen (secondary N) is 2. The van der Waals surface area contributed by atoms with Crippen LogP contribution in [0.25, 0.3) is 0 Å². The number of halogens is 1. The van der Waals surface area contributed by atoms with Gasteiger partial charge in [-0.3, -0.25) is 4.99 Å². The molecular formula is C21H43IN4O2. The van der Waals surface area contributed by atoms with E-state index in [0.717, 1.165) is 71.3 Å². The largest absolute Gasteiger partial charge is 0.382 e. The minimum atomic E-state index is 0. The molecule has 0 atom stereocenters. The Labute approximate surface area is 189 Å². The van der Waals surface area contributed by atoms with E-state index in [1.165, 1.54) is 25.7 Å². The summed E-state index contributed by atoms with van der Waals surface area (Å²) in [6.07, 6.45) is 8.47. The van der Waals surface area contributed by atoms with Crippen LogP contribution in [0.5, 0.6) is 0 Å². The van der Waals surface area contributed by atoms with Gasteiger partial charge in [0.05, 0.1) is 0 Å². The molecule has 0 bridgehead atoms. The summed E-state index contributed by atoms with van der Waals surface area (Å²) in [5.74, 6) is 0.952. The Bertz CT molecular complexity index is 448. The first kappa shape index (κ1) is 25.9. The topological polar surface area (TPSA) is 58.1 Å². The molecule has 0 aromatic heterocycles. The summed E-state index contributed by atoms with van der Waals surface area (Å²) < 4.78 is 11.2. The molecular weight excluding hydrogens is 467 g/mol. The minimum Gasteiger partial charge on any atom is -0.382 e. The second kappa shape index (κ2) is 13.2. The third-order valence-electron chi connectivity index (χ3n) is 6.52. The molecule has 1 aliphatic carbocycles. The summed E-state index contributed by atoms with van der Waals surface area (Å²) in [7, 11) is 4.36. The van der Waals surface area contributed by atoms with Crippen molar-refractivity contribution in [1.29, 1.82) is 0 Å². The minimum absolute atomic E-state index is 0. The van der Waals surface area contributed by atoms with Gasteiger partial charge in [-0.25, -0.2) is 0 Å². The van der Waals surface area contributed by atoms with Crippen molar-refractivity contribution in [2.45, 2.75) is 64.3 Å². The van der Waals surface area contributed by atoms with E-state index >= 15 is 0 Å². The highest BCUT2D eigenvalue weighted by molar-refractivity contribution is 14.0. The van der Waals surface area contributed by atoms with Crippen molar-refractivity contribution in [1.82, 2.24) is 15.5 Å². The fraction of sp³-hybridized carbons (Fsp3) is 0.952. The van der Waals surface area contributed by atoms with Crippen LogP contribution < -0.4 is 10.6 Å². The van der Waals surface area contributed by atoms with E-state index in [2.05, 4.69) is 43.5 Å². The normalized spacial score (nSPS) is 21.4. The number of ether oxygens (including phenoxy) is 2. The SMILES string of the molecule is CCNC(=NCC1(CCOCC)CCCC1)NCC1(N(C)C)CCOCC1.I. The Balaban J connectivity index is 0.00000392. The van der Waals surface area contributed by atoms with Crippen LogP contribution in [0.1, 0.15) is 58.8 Å². The lowest BCUT2D eigenvalue weighted by atomic mass is 9.83. The third kappa shape index (κ3) is 7.61. The van der Waals surface area contributed by atoms with Crippen LogP contribution in [0.2, 0.25) is 0 Å². The van der Waals surface area contributed by atoms with Gasteiger partial charge in [0.25, 0.3) is 0 Å². The average Bonchev–Trinajstić information content (AvgIpc) is 3.14. The maximum absolute atomic E-state index is 5.64. The van der Waals surface area contributed by atoms with Gasteiger partial charge in [0.15, 0.2) is 5.96 Å². The Hall–Kier alpha value is -0.120. The molecule has 2 N–H and O–H groups in total. The first-order chi connectivity index (χ1) is 13.1. The highest BCUT2D eigenvalue weighted by Gasteiger charge is 2.36. The molecule has 1 saturated heterocycles. The van der Waals surface area contributed by atoms with Crippen molar-refractivity contribution in [2.75, 3.05) is 60.2 Å². The molecule has 0 unspecified atom stereocenters. The second-order valence-corrected chi connectivity index (χ2v) is 8.43. The number of guanidine groups is 1. The van der Waals surface area contributed by atoms with E-state index in [-0.39, 0.29) is 29.5 Å². The number of likely N-dealkylation sites (N-methyl/N-ethyl adjacent to an activating group) is 1. The average molecular weight is 511 g/mol. The highest BCUT2D eigenvalue weighted by Crippen LogP contribution is 2.41. The summed E-state index contributed by atoms with van der Waals surface area (Å²) >= 11 is 0. The Morgan fingerprint density at radius 2 is 1.75 bits per heavy atom. The van der Waals surface area contributed by atoms with Crippen LogP contribution >= 0.6 is 24.0 Å². The molecule has 1 aliphatic heterocycles. The summed E-state index contributed by atoms with van der Waals surface area (Å²) in [4.78, 5) is 7.36. The van der Waals surface area contributed by atoms with E-state index in [1.54, 1.807) is 0 Å². The zero-order valence-electron chi connectivity index (χ0n) is 18.5. The molecule has 0 aromatic carbocycles. The van der Waals surface area contributed by atoms with Crippen molar-refractivity contribution in [3.05, 3.63) is 0 Å². The molecule has 0 radical (unpaired) electrons. The van der Waals surface area contributed by atoms with Crippen LogP contribution in [0.4, 0.5) is 0 Å². The second-order valence-electron chi connectivity index (χ2n) is 8.43. The number of hydrogen-bond acceptors (Lipinski definition) is 4. The fourth-order valence-corrected chi connectivity index (χ4v) is 4.42. The number of hydrogen-bond donors (Lipinski definition) is 2. The van der Waals surface area contributed by atoms with Crippen molar-refractivity contribution < 1.29 is 9.47 Å². The molecule has 0 aromatic rings. The first-order valence-corrected chi connectivity index (χ1v) is 10.9. The van der Waals surface area contributed by atoms with Crippen molar-refractivity contribution >= 4 is 29.9 Å². The van der Waals surface area contributed by atoms with E-state index in [4.69, 9.17) is 14.5 Å². The van der Waals surface area contributed by atoms with Crippen LogP contribution in [-0.4, -0.2) is 76.6 Å². The maximum Gasteiger partial charge on any atom is 0.191 e. The predicted octanol–water partition coefficient (Wildman–Crippen LogP) is 3.26. The Morgan fingerprint density at radius 3 is 2.32 bits per heavy atom. The van der Waals surface area contributed by atoms with Crippen LogP contribution in [0.15, 0.2) is 4.99 Å². The molecule has 6 nitrogen and oxygen atoms in total. The smallest absolute Gasteiger partial charge is 0.191 e. The van der Waals surface area contributed by atoms with Gasteiger partial charge in [-0.05, 0) is 65.5 Å². The van der Waals surface area contributed by atoms with E-state index < -0.39 is 0 Å². The molecule has 28 heavy (non-hydrogen) atoms. The molecule has 166 valence electrons. The summed E-state index contributed by atoms with van der Waals surface area (Å²) in [5, 5.41) is 7.08. The molecule has 1 heterocycles. The predicted molar refractivity (Wildman–Crippen MR) is 128 cm³/mol. The van der Waals surface area contributed by atoms with E-state index in [1.807, 2.05) is 0 Å². The van der Waals surface area contributed by atoms with Crippen molar-refractivity contribution in [3.8, 4) is 0 Å². The lowest BCUT2D eigenvalue weighted by molar-refractivity contribution is -0.00502. The number of aliphatic imine (C=N–C) groups is 1. The molecule has 0 spiro atoms. The van der Waals surface area contributed by atoms with Gasteiger partial charge in [-0.1, -0.05) is 12.8 Å². The van der Waals surface area contributed by atoms with Crippen LogP contribution in [0.3, 0.4) is 0 Å². The molecule has 7 heteroatoms. The summed E-state index contributed by atoms with van der Waals surface area (Å²) in [6.45, 7) is 10.2. The number of nitrogens with zero attached hydrogens (tertiary/aromatic N) is 2. The fourth-order valence-electron chi connectivity index (χ4n) is 4.42. The van der Waals surface area contributed by atoms with Gasteiger partial charge < -0.3 is 25.0 Å². The van der Waals surface area contributed by atoms with Gasteiger partial charge in [0, 0.05) is 51.6 Å². The van der Waals surface area contributed by atoms with Crippen molar-refractivity contribution in [2.24, 2.45) is 10.4 Å². The van der Waals surface area contributed by atoms with E-state index in [0.29, 0.717) is 5.41 Å². The Kier molecular flexibility index (Phi) is 12.3. The van der Waals surface area contributed by atoms with Gasteiger partial charge >= 0.3 is 0 Å². The summed E-state index contributed by atoms with van der Waals surface area (Å²) in [5.41, 5.74) is 0.476. The van der Waals surface area contributed by atoms with Gasteiger partial charge in [-0.15, -0.1) is 24.0 Å². The zero-order valence-corrected chi connectivity index (χ0v) is 20.8. The molecule has 2 rings (SSSR count). The maximum atomic E-state index is 5.64. The first-order valence-electron chi connectivity index (χ1n) is 10.9. The standard InChI is InChI=1S/C21H42N4O2.HI/c1-5-22-19(24-18-21(25(3)4)12-15-27-16-13-21)23-17-20(9-7-8-10-20)11-14-26-6-2;/h5-18H2,1-4H3,(H2,22,23,24);1H. The van der Waals surface area contributed by atoms with E-state index in [9.17, 15) is 0 Å². The summed E-state index contributed by atoms with van der Waals surface area (Å²) in [6, 6.07) is 0. The lowest BCUT2D eigenvalue weighted by Crippen LogP contribution is -2.57. The number of rotatable bonds is 10. The van der Waals surface area contributed by atoms with Gasteiger partial charge in [0.2, 0.25) is 0 Å². The van der Waals surface area contributed by atoms with Crippen LogP contribution in [-0.2, 0) is 9.47 Å². The Morgan fingerprint density at radius 1 is 1.07 bits per heavy atom. The van der Waals surface area contributed by atoms with Gasteiger partial charge in [-0.2, -0.15) is 0 Å². The lowest BCUT2D eigenvalue weighted by Gasteiger charge is -2.43. The highest BCUT2D eigenvalue weighted by atomic mass is 127. The molecule has 2 fully saturated rings. The monoisotopic (exact) mass is 510 g/mol. The molecule has 1 saturated carbocycles. The van der Waals surface area contributed by atoms with Crippen LogP contribution in [0, 0.1) is 5.41 Å². The quantitative estimate of drug-likeness (QED) is 0.205. The van der Waals surface area contributed by atoms with Crippen molar-refractivity contribution in [3.63, 3.8) is 0 Å².